The van der Waals surface area contributed by atoms with Gasteiger partial charge >= 0.3 is 0 Å². The van der Waals surface area contributed by atoms with Gasteiger partial charge in [-0.1, -0.05) is 44.5 Å². The molecule has 0 spiro atoms. The van der Waals surface area contributed by atoms with Crippen LogP contribution in [0.3, 0.4) is 0 Å². The number of hydrogen-bond donors (Lipinski definition) is 3. The van der Waals surface area contributed by atoms with Crippen LogP contribution in [0.15, 0.2) is 66.9 Å². The molecule has 3 aromatic carbocycles. The molecule has 4 rings (SSSR count). The highest BCUT2D eigenvalue weighted by atomic mass is 19.1. The number of rotatable bonds is 13. The Morgan fingerprint density at radius 3 is 2.45 bits per heavy atom. The molecule has 0 fully saturated rings. The van der Waals surface area contributed by atoms with Crippen LogP contribution in [-0.4, -0.2) is 34.3 Å². The van der Waals surface area contributed by atoms with Gasteiger partial charge < -0.3 is 20.3 Å². The van der Waals surface area contributed by atoms with Crippen molar-refractivity contribution in [3.63, 3.8) is 0 Å². The highest BCUT2D eigenvalue weighted by molar-refractivity contribution is 5.99. The lowest BCUT2D eigenvalue weighted by Crippen LogP contribution is -2.48. The van der Waals surface area contributed by atoms with E-state index < -0.39 is 23.8 Å². The molecule has 0 saturated heterocycles. The van der Waals surface area contributed by atoms with Crippen molar-refractivity contribution in [3.8, 4) is 0 Å². The van der Waals surface area contributed by atoms with Crippen molar-refractivity contribution in [2.24, 2.45) is 0 Å². The summed E-state index contributed by atoms with van der Waals surface area (Å²) in [6.07, 6.45) is 4.15. The summed E-state index contributed by atoms with van der Waals surface area (Å²) >= 11 is 0. The summed E-state index contributed by atoms with van der Waals surface area (Å²) in [6, 6.07) is 16.5. The number of hydrogen-bond acceptors (Lipinski definition) is 3. The van der Waals surface area contributed by atoms with Crippen LogP contribution in [-0.2, 0) is 25.9 Å². The summed E-state index contributed by atoms with van der Waals surface area (Å²) in [7, 11) is 0. The van der Waals surface area contributed by atoms with Crippen molar-refractivity contribution >= 4 is 16.8 Å². The first-order valence-electron chi connectivity index (χ1n) is 14.1. The van der Waals surface area contributed by atoms with E-state index in [1.807, 2.05) is 37.4 Å². The predicted octanol–water partition coefficient (Wildman–Crippen LogP) is 6.08. The van der Waals surface area contributed by atoms with Crippen LogP contribution < -0.4 is 10.6 Å². The van der Waals surface area contributed by atoms with Gasteiger partial charge in [-0.05, 0) is 78.8 Å². The third-order valence-corrected chi connectivity index (χ3v) is 7.35. The fraction of sp³-hybridized carbons (Fsp3) is 0.364. The van der Waals surface area contributed by atoms with E-state index in [9.17, 15) is 18.7 Å². The third-order valence-electron chi connectivity index (χ3n) is 7.35. The van der Waals surface area contributed by atoms with Gasteiger partial charge in [0.05, 0.1) is 12.1 Å². The maximum absolute atomic E-state index is 13.9. The summed E-state index contributed by atoms with van der Waals surface area (Å²) in [5.41, 5.74) is 5.13. The largest absolute Gasteiger partial charge is 0.390 e. The second-order valence-corrected chi connectivity index (χ2v) is 10.5. The van der Waals surface area contributed by atoms with E-state index >= 15 is 0 Å². The quantitative estimate of drug-likeness (QED) is 0.190. The van der Waals surface area contributed by atoms with Gasteiger partial charge in [0.1, 0.15) is 11.6 Å². The van der Waals surface area contributed by atoms with E-state index in [-0.39, 0.29) is 18.9 Å². The lowest BCUT2D eigenvalue weighted by Gasteiger charge is -2.25. The van der Waals surface area contributed by atoms with E-state index in [0.29, 0.717) is 17.7 Å². The number of unbranched alkanes of at least 4 members (excludes halogenated alkanes) is 1. The minimum absolute atomic E-state index is 0.0721. The molecule has 0 aliphatic carbocycles. The second kappa shape index (κ2) is 13.7. The Morgan fingerprint density at radius 2 is 1.73 bits per heavy atom. The number of carbonyl (C=O) groups is 1. The summed E-state index contributed by atoms with van der Waals surface area (Å²) in [4.78, 5) is 13.5. The molecular formula is C33H39F2N3O2. The highest BCUT2D eigenvalue weighted by Gasteiger charge is 2.24. The molecule has 5 nitrogen and oxygen atoms in total. The van der Waals surface area contributed by atoms with E-state index in [1.54, 1.807) is 0 Å². The van der Waals surface area contributed by atoms with Crippen molar-refractivity contribution in [1.82, 2.24) is 15.2 Å². The maximum atomic E-state index is 13.9. The number of benzene rings is 3. The minimum Gasteiger partial charge on any atom is -0.390 e. The van der Waals surface area contributed by atoms with Crippen molar-refractivity contribution in [3.05, 3.63) is 106 Å². The van der Waals surface area contributed by atoms with Gasteiger partial charge in [-0.25, -0.2) is 8.78 Å². The number of nitrogens with zero attached hydrogens (tertiary/aromatic N) is 1. The fourth-order valence-corrected chi connectivity index (χ4v) is 5.12. The summed E-state index contributed by atoms with van der Waals surface area (Å²) in [5.74, 6) is -1.74. The normalized spacial score (nSPS) is 12.9. The molecule has 3 N–H and O–H groups in total. The Bertz CT molecular complexity index is 1430. The van der Waals surface area contributed by atoms with Gasteiger partial charge in [-0.2, -0.15) is 0 Å². The maximum Gasteiger partial charge on any atom is 0.251 e. The van der Waals surface area contributed by atoms with Crippen molar-refractivity contribution in [2.75, 3.05) is 6.54 Å². The van der Waals surface area contributed by atoms with Crippen molar-refractivity contribution in [2.45, 2.75) is 71.7 Å². The molecule has 1 amide bonds. The van der Waals surface area contributed by atoms with Crippen molar-refractivity contribution in [1.29, 1.82) is 0 Å². The molecule has 2 atom stereocenters. The molecular weight excluding hydrogens is 508 g/mol. The Labute approximate surface area is 235 Å². The Morgan fingerprint density at radius 1 is 0.975 bits per heavy atom. The first kappa shape index (κ1) is 29.4. The number of halogens is 2. The summed E-state index contributed by atoms with van der Waals surface area (Å²) in [6.45, 7) is 7.82. The average Bonchev–Trinajstić information content (AvgIpc) is 3.34. The molecule has 7 heteroatoms. The van der Waals surface area contributed by atoms with Gasteiger partial charge in [0.2, 0.25) is 0 Å². The zero-order chi connectivity index (χ0) is 28.6. The van der Waals surface area contributed by atoms with Gasteiger partial charge in [0, 0.05) is 48.4 Å². The Hall–Kier alpha value is -3.55. The predicted molar refractivity (Wildman–Crippen MR) is 156 cm³/mol. The number of fused-ring (bicyclic) bond motifs is 1. The number of nitrogens with one attached hydrogen (secondary N) is 2. The fourth-order valence-electron chi connectivity index (χ4n) is 5.12. The van der Waals surface area contributed by atoms with Crippen LogP contribution in [0.25, 0.3) is 10.9 Å². The molecule has 0 saturated carbocycles. The topological polar surface area (TPSA) is 66.3 Å². The summed E-state index contributed by atoms with van der Waals surface area (Å²) in [5, 5.41) is 18.5. The van der Waals surface area contributed by atoms with Crippen LogP contribution in [0.4, 0.5) is 8.78 Å². The van der Waals surface area contributed by atoms with Gasteiger partial charge in [-0.15, -0.1) is 0 Å². The molecule has 40 heavy (non-hydrogen) atoms. The number of aliphatic hydroxyl groups excluding tert-OH is 1. The Kier molecular flexibility index (Phi) is 10.1. The summed E-state index contributed by atoms with van der Waals surface area (Å²) < 4.78 is 30.0. The van der Waals surface area contributed by atoms with Gasteiger partial charge in [0.25, 0.3) is 5.91 Å². The number of aliphatic hydroxyl groups is 1. The molecule has 1 heterocycles. The lowest BCUT2D eigenvalue weighted by molar-refractivity contribution is 0.0830. The smallest absolute Gasteiger partial charge is 0.251 e. The van der Waals surface area contributed by atoms with Crippen LogP contribution in [0.5, 0.6) is 0 Å². The molecule has 212 valence electrons. The Balaban J connectivity index is 1.53. The molecule has 0 unspecified atom stereocenters. The van der Waals surface area contributed by atoms with Crippen molar-refractivity contribution < 1.29 is 18.7 Å². The van der Waals surface area contributed by atoms with E-state index in [4.69, 9.17) is 0 Å². The number of aromatic nitrogens is 1. The SMILES string of the molecule is CCCCn1ccc2c(C)cc(C(=O)N[C@@H](Cc3cc(F)cc(F)c3)[C@H](O)CNCc3cccc(CC)c3)cc21. The van der Waals surface area contributed by atoms with E-state index in [1.165, 1.54) is 17.7 Å². The molecule has 4 aromatic rings. The van der Waals surface area contributed by atoms with Crippen LogP contribution in [0.2, 0.25) is 0 Å². The molecule has 1 aromatic heterocycles. The number of aryl methyl sites for hydroxylation is 3. The van der Waals surface area contributed by atoms with Crippen LogP contribution in [0, 0.1) is 18.6 Å². The highest BCUT2D eigenvalue weighted by Crippen LogP contribution is 2.23. The van der Waals surface area contributed by atoms with E-state index in [2.05, 4.69) is 47.2 Å². The minimum atomic E-state index is -0.997. The van der Waals surface area contributed by atoms with Gasteiger partial charge in [-0.3, -0.25) is 4.79 Å². The standard InChI is InChI=1S/C33H39F2N3O2/c1-4-6-11-38-12-10-29-22(3)13-26(18-31(29)38)33(40)37-30(17-25-15-27(34)19-28(35)16-25)32(39)21-36-20-24-9-7-8-23(5-2)14-24/h7-10,12-16,18-19,30,32,36,39H,4-6,11,17,20-21H2,1-3H3,(H,37,40)/t30-,32+/m0/s1. The zero-order valence-corrected chi connectivity index (χ0v) is 23.5. The van der Waals surface area contributed by atoms with Gasteiger partial charge in [0.15, 0.2) is 0 Å². The van der Waals surface area contributed by atoms with Crippen LogP contribution in [0.1, 0.15) is 59.3 Å². The average molecular weight is 548 g/mol. The monoisotopic (exact) mass is 547 g/mol. The number of amides is 1. The molecule has 0 bridgehead atoms. The first-order valence-corrected chi connectivity index (χ1v) is 14.1. The number of carbonyl (C=O) groups excluding carboxylic acids is 1. The second-order valence-electron chi connectivity index (χ2n) is 10.5. The third kappa shape index (κ3) is 7.55. The zero-order valence-electron chi connectivity index (χ0n) is 23.5. The lowest BCUT2D eigenvalue weighted by atomic mass is 9.99. The van der Waals surface area contributed by atoms with E-state index in [0.717, 1.165) is 53.9 Å². The first-order chi connectivity index (χ1) is 19.3. The molecule has 0 aliphatic rings. The van der Waals surface area contributed by atoms with Crippen LogP contribution >= 0.6 is 0 Å². The molecule has 0 aliphatic heterocycles. The molecule has 0 radical (unpaired) electrons.